The highest BCUT2D eigenvalue weighted by molar-refractivity contribution is 7.97. The molecule has 2 aromatic carbocycles. The molecular formula is C23H20N2O5S2. The molecule has 7 nitrogen and oxygen atoms in total. The van der Waals surface area contributed by atoms with Gasteiger partial charge in [0.1, 0.15) is 4.88 Å². The fourth-order valence-corrected chi connectivity index (χ4v) is 6.14. The standard InChI is InChI=1S/C23H20N2O5S2/c1-15-2-4-16(5-3-15)13-25-18-8-9-31-23(18)22(26)21(32(25,27)28)12-24-11-17-6-7-19-20(10-17)30-14-29-19/h2-10,12,24H,11,13-14H2,1H3/b21-12-. The van der Waals surface area contributed by atoms with Crippen molar-refractivity contribution in [2.24, 2.45) is 0 Å². The van der Waals surface area contributed by atoms with Crippen LogP contribution in [0, 0.1) is 6.92 Å². The van der Waals surface area contributed by atoms with Gasteiger partial charge >= 0.3 is 0 Å². The Balaban J connectivity index is 1.43. The number of hydrogen-bond acceptors (Lipinski definition) is 7. The zero-order valence-electron chi connectivity index (χ0n) is 17.2. The van der Waals surface area contributed by atoms with E-state index < -0.39 is 15.8 Å². The van der Waals surface area contributed by atoms with Gasteiger partial charge in [-0.05, 0) is 41.6 Å². The lowest BCUT2D eigenvalue weighted by molar-refractivity contribution is 0.104. The summed E-state index contributed by atoms with van der Waals surface area (Å²) in [6.07, 6.45) is 1.30. The van der Waals surface area contributed by atoms with E-state index in [0.29, 0.717) is 28.6 Å². The van der Waals surface area contributed by atoms with Crippen LogP contribution in [0.2, 0.25) is 0 Å². The fraction of sp³-hybridized carbons (Fsp3) is 0.174. The highest BCUT2D eigenvalue weighted by Gasteiger charge is 2.41. The van der Waals surface area contributed by atoms with Crippen molar-refractivity contribution in [3.8, 4) is 11.5 Å². The highest BCUT2D eigenvalue weighted by Crippen LogP contribution is 2.39. The number of Topliss-reactive ketones (excluding diaryl/α,β-unsaturated/α-hetero) is 1. The number of sulfonamides is 1. The molecule has 3 aromatic rings. The molecule has 5 rings (SSSR count). The Kier molecular flexibility index (Phi) is 5.15. The number of anilines is 1. The molecule has 2 aliphatic heterocycles. The van der Waals surface area contributed by atoms with Gasteiger partial charge in [-0.3, -0.25) is 9.10 Å². The number of aryl methyl sites for hydroxylation is 1. The SMILES string of the molecule is Cc1ccc(CN2c3ccsc3C(=O)/C(=C/NCc3ccc4c(c3)OCO4)S2(=O)=O)cc1. The van der Waals surface area contributed by atoms with Gasteiger partial charge in [-0.25, -0.2) is 8.42 Å². The zero-order chi connectivity index (χ0) is 22.3. The number of benzene rings is 2. The van der Waals surface area contributed by atoms with Crippen LogP contribution >= 0.6 is 11.3 Å². The van der Waals surface area contributed by atoms with Gasteiger partial charge in [0.15, 0.2) is 16.4 Å². The average Bonchev–Trinajstić information content (AvgIpc) is 3.44. The van der Waals surface area contributed by atoms with E-state index in [1.165, 1.54) is 21.8 Å². The van der Waals surface area contributed by atoms with Crippen LogP contribution in [0.1, 0.15) is 26.4 Å². The van der Waals surface area contributed by atoms with E-state index >= 15 is 0 Å². The Bertz CT molecular complexity index is 1330. The molecule has 0 radical (unpaired) electrons. The van der Waals surface area contributed by atoms with Crippen molar-refractivity contribution < 1.29 is 22.7 Å². The van der Waals surface area contributed by atoms with Gasteiger partial charge < -0.3 is 14.8 Å². The van der Waals surface area contributed by atoms with Crippen molar-refractivity contribution in [2.75, 3.05) is 11.1 Å². The maximum atomic E-state index is 13.4. The summed E-state index contributed by atoms with van der Waals surface area (Å²) in [4.78, 5) is 13.1. The Hall–Kier alpha value is -3.30. The maximum Gasteiger partial charge on any atom is 0.270 e. The van der Waals surface area contributed by atoms with E-state index in [4.69, 9.17) is 9.47 Å². The summed E-state index contributed by atoms with van der Waals surface area (Å²) >= 11 is 1.24. The van der Waals surface area contributed by atoms with Gasteiger partial charge in [0.25, 0.3) is 10.0 Å². The van der Waals surface area contributed by atoms with Gasteiger partial charge in [-0.2, -0.15) is 0 Å². The molecule has 9 heteroatoms. The second kappa shape index (κ2) is 7.99. The van der Waals surface area contributed by atoms with E-state index in [9.17, 15) is 13.2 Å². The number of carbonyl (C=O) groups excluding carboxylic acids is 1. The lowest BCUT2D eigenvalue weighted by Gasteiger charge is -2.29. The van der Waals surface area contributed by atoms with Gasteiger partial charge in [-0.15, -0.1) is 11.3 Å². The third-order valence-corrected chi connectivity index (χ3v) is 8.00. The Labute approximate surface area is 189 Å². The van der Waals surface area contributed by atoms with E-state index in [2.05, 4.69) is 5.32 Å². The summed E-state index contributed by atoms with van der Waals surface area (Å²) in [5, 5.41) is 4.72. The van der Waals surface area contributed by atoms with Crippen molar-refractivity contribution in [2.45, 2.75) is 20.0 Å². The Morgan fingerprint density at radius 2 is 1.81 bits per heavy atom. The van der Waals surface area contributed by atoms with Gasteiger partial charge in [-0.1, -0.05) is 35.9 Å². The molecule has 2 aliphatic rings. The summed E-state index contributed by atoms with van der Waals surface area (Å²) in [5.41, 5.74) is 3.24. The molecule has 164 valence electrons. The minimum absolute atomic E-state index is 0.152. The Morgan fingerprint density at radius 1 is 1.06 bits per heavy atom. The summed E-state index contributed by atoms with van der Waals surface area (Å²) in [5.74, 6) is 0.827. The number of allylic oxidation sites excluding steroid dienone is 1. The maximum absolute atomic E-state index is 13.4. The van der Waals surface area contributed by atoms with Crippen LogP contribution in [0.4, 0.5) is 5.69 Å². The van der Waals surface area contributed by atoms with Crippen LogP contribution in [0.15, 0.2) is 65.0 Å². The number of ketones is 1. The lowest BCUT2D eigenvalue weighted by Crippen LogP contribution is -2.38. The third-order valence-electron chi connectivity index (χ3n) is 5.33. The normalized spacial score (nSPS) is 17.5. The predicted molar refractivity (Wildman–Crippen MR) is 122 cm³/mol. The zero-order valence-corrected chi connectivity index (χ0v) is 18.8. The minimum Gasteiger partial charge on any atom is -0.454 e. The molecule has 0 saturated carbocycles. The summed E-state index contributed by atoms with van der Waals surface area (Å²) in [6.45, 7) is 2.64. The minimum atomic E-state index is -4.02. The Morgan fingerprint density at radius 3 is 2.62 bits per heavy atom. The van der Waals surface area contributed by atoms with Crippen molar-refractivity contribution in [3.63, 3.8) is 0 Å². The molecule has 32 heavy (non-hydrogen) atoms. The first kappa shape index (κ1) is 20.6. The topological polar surface area (TPSA) is 84.9 Å². The van der Waals surface area contributed by atoms with Crippen LogP contribution in [-0.4, -0.2) is 21.0 Å². The van der Waals surface area contributed by atoms with Crippen LogP contribution in [0.25, 0.3) is 0 Å². The molecule has 1 aromatic heterocycles. The van der Waals surface area contributed by atoms with Gasteiger partial charge in [0, 0.05) is 12.7 Å². The van der Waals surface area contributed by atoms with Crippen molar-refractivity contribution in [1.82, 2.24) is 5.32 Å². The summed E-state index contributed by atoms with van der Waals surface area (Å²) in [7, 11) is -4.02. The molecule has 0 fully saturated rings. The summed E-state index contributed by atoms with van der Waals surface area (Å²) < 4.78 is 38.8. The molecule has 3 heterocycles. The van der Waals surface area contributed by atoms with E-state index in [-0.39, 0.29) is 18.2 Å². The second-order valence-electron chi connectivity index (χ2n) is 7.54. The van der Waals surface area contributed by atoms with Gasteiger partial charge in [0.05, 0.1) is 12.2 Å². The first-order chi connectivity index (χ1) is 15.4. The number of hydrogen-bond donors (Lipinski definition) is 1. The van der Waals surface area contributed by atoms with Crippen LogP contribution in [-0.2, 0) is 23.1 Å². The molecule has 0 spiro atoms. The van der Waals surface area contributed by atoms with Crippen molar-refractivity contribution >= 4 is 32.8 Å². The quantitative estimate of drug-likeness (QED) is 0.571. The molecule has 0 unspecified atom stereocenters. The number of carbonyl (C=O) groups is 1. The number of rotatable bonds is 5. The number of nitrogens with one attached hydrogen (secondary N) is 1. The largest absolute Gasteiger partial charge is 0.454 e. The number of fused-ring (bicyclic) bond motifs is 2. The molecule has 0 atom stereocenters. The van der Waals surface area contributed by atoms with Crippen LogP contribution < -0.4 is 19.1 Å². The van der Waals surface area contributed by atoms with Crippen LogP contribution in [0.3, 0.4) is 0 Å². The average molecular weight is 469 g/mol. The van der Waals surface area contributed by atoms with Crippen molar-refractivity contribution in [1.29, 1.82) is 0 Å². The monoisotopic (exact) mass is 468 g/mol. The van der Waals surface area contributed by atoms with E-state index in [1.807, 2.05) is 43.3 Å². The van der Waals surface area contributed by atoms with E-state index in [1.54, 1.807) is 17.5 Å². The van der Waals surface area contributed by atoms with Crippen LogP contribution in [0.5, 0.6) is 11.5 Å². The van der Waals surface area contributed by atoms with Crippen molar-refractivity contribution in [3.05, 3.63) is 86.6 Å². The number of ether oxygens (including phenoxy) is 2. The summed E-state index contributed by atoms with van der Waals surface area (Å²) in [6, 6.07) is 14.8. The highest BCUT2D eigenvalue weighted by atomic mass is 32.2. The van der Waals surface area contributed by atoms with Gasteiger partial charge in [0.2, 0.25) is 12.6 Å². The molecule has 1 N–H and O–H groups in total. The molecule has 0 bridgehead atoms. The first-order valence-corrected chi connectivity index (χ1v) is 12.3. The third kappa shape index (κ3) is 3.63. The lowest BCUT2D eigenvalue weighted by atomic mass is 10.1. The molecule has 0 aliphatic carbocycles. The number of nitrogens with zero attached hydrogens (tertiary/aromatic N) is 1. The predicted octanol–water partition coefficient (Wildman–Crippen LogP) is 3.95. The second-order valence-corrected chi connectivity index (χ2v) is 10.3. The molecule has 0 saturated heterocycles. The molecular weight excluding hydrogens is 448 g/mol. The fourth-order valence-electron chi connectivity index (χ4n) is 3.63. The smallest absolute Gasteiger partial charge is 0.270 e. The molecule has 0 amide bonds. The van der Waals surface area contributed by atoms with E-state index in [0.717, 1.165) is 16.7 Å². The number of thiophene rings is 1. The first-order valence-electron chi connectivity index (χ1n) is 9.96.